The van der Waals surface area contributed by atoms with Gasteiger partial charge in [0.25, 0.3) is 5.91 Å². The van der Waals surface area contributed by atoms with Crippen molar-refractivity contribution in [1.82, 2.24) is 19.7 Å². The van der Waals surface area contributed by atoms with Gasteiger partial charge in [0.2, 0.25) is 0 Å². The van der Waals surface area contributed by atoms with E-state index in [0.717, 1.165) is 31.7 Å². The van der Waals surface area contributed by atoms with E-state index >= 15 is 0 Å². The number of carbonyl (C=O) groups is 2. The average Bonchev–Trinajstić information content (AvgIpc) is 2.87. The Labute approximate surface area is 167 Å². The van der Waals surface area contributed by atoms with Crippen molar-refractivity contribution in [3.63, 3.8) is 0 Å². The highest BCUT2D eigenvalue weighted by atomic mass is 16.5. The lowest BCUT2D eigenvalue weighted by atomic mass is 9.85. The first kappa shape index (κ1) is 20.7. The second kappa shape index (κ2) is 9.01. The second-order valence-corrected chi connectivity index (χ2v) is 8.22. The van der Waals surface area contributed by atoms with Gasteiger partial charge in [0.15, 0.2) is 0 Å². The van der Waals surface area contributed by atoms with E-state index in [2.05, 4.69) is 23.7 Å². The first-order valence-corrected chi connectivity index (χ1v) is 10.2. The standard InChI is InChI=1S/C21H32N4O3/c1-17(2)15-23-12-8-21(9-13-23)19(26)24(16-18-7-4-5-10-22-18)20(27)25(21)11-6-14-28-3/h4-5,7,10,17H,6,8-9,11-16H2,1-3H3. The van der Waals surface area contributed by atoms with Crippen molar-refractivity contribution in [1.29, 1.82) is 0 Å². The Morgan fingerprint density at radius 1 is 1.21 bits per heavy atom. The van der Waals surface area contributed by atoms with Gasteiger partial charge in [-0.2, -0.15) is 0 Å². The minimum absolute atomic E-state index is 0.0650. The molecule has 1 aromatic heterocycles. The number of pyridine rings is 1. The fourth-order valence-corrected chi connectivity index (χ4v) is 4.36. The quantitative estimate of drug-likeness (QED) is 0.505. The van der Waals surface area contributed by atoms with Crippen molar-refractivity contribution in [3.05, 3.63) is 30.1 Å². The maximum atomic E-state index is 13.5. The summed E-state index contributed by atoms with van der Waals surface area (Å²) < 4.78 is 5.17. The van der Waals surface area contributed by atoms with Gasteiger partial charge >= 0.3 is 6.03 Å². The van der Waals surface area contributed by atoms with E-state index in [1.165, 1.54) is 4.90 Å². The summed E-state index contributed by atoms with van der Waals surface area (Å²) in [5.41, 5.74) is 0.0166. The summed E-state index contributed by atoms with van der Waals surface area (Å²) in [4.78, 5) is 36.6. The van der Waals surface area contributed by atoms with Crippen LogP contribution >= 0.6 is 0 Å². The van der Waals surface area contributed by atoms with Gasteiger partial charge in [0.05, 0.1) is 12.2 Å². The van der Waals surface area contributed by atoms with Crippen LogP contribution in [0.15, 0.2) is 24.4 Å². The number of ether oxygens (including phenoxy) is 1. The molecule has 0 radical (unpaired) electrons. The molecular formula is C21H32N4O3. The van der Waals surface area contributed by atoms with Crippen LogP contribution in [0.1, 0.15) is 38.8 Å². The summed E-state index contributed by atoms with van der Waals surface area (Å²) in [6.45, 7) is 8.48. The Balaban J connectivity index is 1.79. The number of amides is 3. The first-order valence-electron chi connectivity index (χ1n) is 10.2. The zero-order valence-corrected chi connectivity index (χ0v) is 17.3. The van der Waals surface area contributed by atoms with Gasteiger partial charge in [-0.05, 0) is 37.3 Å². The molecule has 1 aromatic rings. The van der Waals surface area contributed by atoms with Crippen molar-refractivity contribution in [3.8, 4) is 0 Å². The van der Waals surface area contributed by atoms with Crippen LogP contribution in [0.3, 0.4) is 0 Å². The predicted octanol–water partition coefficient (Wildman–Crippen LogP) is 2.37. The smallest absolute Gasteiger partial charge is 0.328 e. The number of piperidine rings is 1. The third-order valence-electron chi connectivity index (χ3n) is 5.70. The molecule has 0 aliphatic carbocycles. The van der Waals surface area contributed by atoms with Crippen molar-refractivity contribution in [2.75, 3.05) is 39.9 Å². The molecule has 0 saturated carbocycles. The Bertz CT molecular complexity index is 671. The average molecular weight is 389 g/mol. The van der Waals surface area contributed by atoms with Gasteiger partial charge in [0, 0.05) is 46.1 Å². The number of hydrogen-bond donors (Lipinski definition) is 0. The molecule has 0 aromatic carbocycles. The normalized spacial score (nSPS) is 20.0. The van der Waals surface area contributed by atoms with Crippen LogP contribution in [0, 0.1) is 5.92 Å². The number of methoxy groups -OCH3 is 1. The molecule has 3 heterocycles. The van der Waals surface area contributed by atoms with Crippen LogP contribution in [0.4, 0.5) is 4.79 Å². The maximum absolute atomic E-state index is 13.5. The minimum atomic E-state index is -0.715. The van der Waals surface area contributed by atoms with E-state index < -0.39 is 5.54 Å². The van der Waals surface area contributed by atoms with E-state index in [9.17, 15) is 9.59 Å². The molecule has 2 aliphatic heterocycles. The van der Waals surface area contributed by atoms with E-state index in [1.54, 1.807) is 13.3 Å². The Kier molecular flexibility index (Phi) is 6.67. The number of likely N-dealkylation sites (tertiary alicyclic amines) is 1. The molecule has 28 heavy (non-hydrogen) atoms. The van der Waals surface area contributed by atoms with Gasteiger partial charge in [-0.1, -0.05) is 19.9 Å². The van der Waals surface area contributed by atoms with Gasteiger partial charge in [-0.25, -0.2) is 4.79 Å². The molecular weight excluding hydrogens is 356 g/mol. The molecule has 0 unspecified atom stereocenters. The molecule has 0 bridgehead atoms. The topological polar surface area (TPSA) is 66.0 Å². The van der Waals surface area contributed by atoms with E-state index in [4.69, 9.17) is 4.74 Å². The highest BCUT2D eigenvalue weighted by Gasteiger charge is 2.57. The predicted molar refractivity (Wildman–Crippen MR) is 107 cm³/mol. The fraction of sp³-hybridized carbons (Fsp3) is 0.667. The molecule has 3 amide bonds. The van der Waals surface area contributed by atoms with E-state index in [-0.39, 0.29) is 18.5 Å². The SMILES string of the molecule is COCCCN1C(=O)N(Cc2ccccn2)C(=O)C12CCN(CC(C)C)CC2. The molecule has 7 nitrogen and oxygen atoms in total. The molecule has 0 atom stereocenters. The molecule has 0 N–H and O–H groups in total. The van der Waals surface area contributed by atoms with Crippen LogP contribution in [0.2, 0.25) is 0 Å². The molecule has 3 rings (SSSR count). The van der Waals surface area contributed by atoms with Crippen molar-refractivity contribution in [2.24, 2.45) is 5.92 Å². The van der Waals surface area contributed by atoms with Gasteiger partial charge in [-0.15, -0.1) is 0 Å². The van der Waals surface area contributed by atoms with Crippen LogP contribution in [0.5, 0.6) is 0 Å². The Morgan fingerprint density at radius 2 is 1.96 bits per heavy atom. The van der Waals surface area contributed by atoms with Gasteiger partial charge in [0.1, 0.15) is 5.54 Å². The molecule has 154 valence electrons. The zero-order valence-electron chi connectivity index (χ0n) is 17.3. The number of carbonyl (C=O) groups excluding carboxylic acids is 2. The van der Waals surface area contributed by atoms with Crippen molar-refractivity contribution < 1.29 is 14.3 Å². The van der Waals surface area contributed by atoms with Crippen LogP contribution in [0.25, 0.3) is 0 Å². The maximum Gasteiger partial charge on any atom is 0.328 e. The highest BCUT2D eigenvalue weighted by Crippen LogP contribution is 2.38. The monoisotopic (exact) mass is 388 g/mol. The lowest BCUT2D eigenvalue weighted by Crippen LogP contribution is -2.57. The third kappa shape index (κ3) is 4.20. The van der Waals surface area contributed by atoms with Crippen molar-refractivity contribution in [2.45, 2.75) is 45.2 Å². The lowest BCUT2D eigenvalue weighted by molar-refractivity contribution is -0.136. The molecule has 1 spiro atoms. The van der Waals surface area contributed by atoms with Crippen LogP contribution in [-0.4, -0.2) is 77.1 Å². The largest absolute Gasteiger partial charge is 0.385 e. The lowest BCUT2D eigenvalue weighted by Gasteiger charge is -2.42. The first-order chi connectivity index (χ1) is 13.5. The minimum Gasteiger partial charge on any atom is -0.385 e. The fourth-order valence-electron chi connectivity index (χ4n) is 4.36. The Morgan fingerprint density at radius 3 is 2.57 bits per heavy atom. The number of imide groups is 1. The van der Waals surface area contributed by atoms with Gasteiger partial charge < -0.3 is 14.5 Å². The van der Waals surface area contributed by atoms with Gasteiger partial charge in [-0.3, -0.25) is 14.7 Å². The molecule has 2 aliphatic rings. The Hall–Kier alpha value is -1.99. The summed E-state index contributed by atoms with van der Waals surface area (Å²) in [5, 5.41) is 0. The number of nitrogens with zero attached hydrogens (tertiary/aromatic N) is 4. The van der Waals surface area contributed by atoms with Crippen LogP contribution in [-0.2, 0) is 16.1 Å². The highest BCUT2D eigenvalue weighted by molar-refractivity contribution is 6.07. The number of urea groups is 1. The second-order valence-electron chi connectivity index (χ2n) is 8.22. The molecule has 2 fully saturated rings. The molecule has 2 saturated heterocycles. The summed E-state index contributed by atoms with van der Waals surface area (Å²) in [6.07, 6.45) is 3.80. The van der Waals surface area contributed by atoms with Crippen molar-refractivity contribution >= 4 is 11.9 Å². The van der Waals surface area contributed by atoms with E-state index in [1.807, 2.05) is 23.1 Å². The van der Waals surface area contributed by atoms with Crippen LogP contribution < -0.4 is 0 Å². The molecule has 7 heteroatoms. The summed E-state index contributed by atoms with van der Waals surface area (Å²) in [6, 6.07) is 5.37. The zero-order chi connectivity index (χ0) is 20.1. The third-order valence-corrected chi connectivity index (χ3v) is 5.70. The number of hydrogen-bond acceptors (Lipinski definition) is 5. The van der Waals surface area contributed by atoms with E-state index in [0.29, 0.717) is 31.9 Å². The number of rotatable bonds is 8. The summed E-state index contributed by atoms with van der Waals surface area (Å²) >= 11 is 0. The number of aromatic nitrogens is 1. The summed E-state index contributed by atoms with van der Waals surface area (Å²) in [7, 11) is 1.66. The summed E-state index contributed by atoms with van der Waals surface area (Å²) in [5.74, 6) is 0.526.